The van der Waals surface area contributed by atoms with Crippen molar-refractivity contribution in [1.82, 2.24) is 4.57 Å². The van der Waals surface area contributed by atoms with Crippen LogP contribution < -0.4 is 16.4 Å². The minimum Gasteiger partial charge on any atom is -0.459 e. The zero-order valence-corrected chi connectivity index (χ0v) is 23.0. The first-order valence-corrected chi connectivity index (χ1v) is 12.5. The van der Waals surface area contributed by atoms with E-state index in [4.69, 9.17) is 22.1 Å². The maximum atomic E-state index is 14.3. The molecular formula is C26H20Cl2F4N4O4S. The second-order valence-corrected chi connectivity index (χ2v) is 9.80. The number of carbonyl (C=O) groups is 3. The molecule has 1 atom stereocenters. The number of halogens is 6. The Morgan fingerprint density at radius 3 is 2.32 bits per heavy atom. The van der Waals surface area contributed by atoms with E-state index in [9.17, 15) is 31.9 Å². The Labute approximate surface area is 245 Å². The summed E-state index contributed by atoms with van der Waals surface area (Å²) in [5.41, 5.74) is 2.20. The predicted molar refractivity (Wildman–Crippen MR) is 150 cm³/mol. The van der Waals surface area contributed by atoms with Crippen LogP contribution in [0.15, 0.2) is 77.8 Å². The third-order valence-electron chi connectivity index (χ3n) is 5.42. The summed E-state index contributed by atoms with van der Waals surface area (Å²) < 4.78 is 57.9. The third-order valence-corrected chi connectivity index (χ3v) is 6.45. The molecule has 1 unspecified atom stereocenters. The van der Waals surface area contributed by atoms with Crippen molar-refractivity contribution in [3.05, 3.63) is 89.3 Å². The smallest absolute Gasteiger partial charge is 0.446 e. The van der Waals surface area contributed by atoms with Gasteiger partial charge in [-0.25, -0.2) is 14.0 Å². The van der Waals surface area contributed by atoms with Gasteiger partial charge in [0.15, 0.2) is 6.04 Å². The van der Waals surface area contributed by atoms with Crippen LogP contribution in [0.1, 0.15) is 10.4 Å². The van der Waals surface area contributed by atoms with Crippen LogP contribution >= 0.6 is 35.8 Å². The summed E-state index contributed by atoms with van der Waals surface area (Å²) >= 11 is 5.61. The lowest BCUT2D eigenvalue weighted by molar-refractivity contribution is -0.145. The summed E-state index contributed by atoms with van der Waals surface area (Å²) in [5.74, 6) is -2.85. The highest BCUT2D eigenvalue weighted by Gasteiger charge is 2.29. The lowest BCUT2D eigenvalue weighted by atomic mass is 10.2. The topological polar surface area (TPSA) is 115 Å². The number of hydrogen-bond acceptors (Lipinski definition) is 6. The van der Waals surface area contributed by atoms with E-state index in [1.807, 2.05) is 0 Å². The summed E-state index contributed by atoms with van der Waals surface area (Å²) in [5, 5.41) is 4.77. The molecule has 1 heterocycles. The van der Waals surface area contributed by atoms with Crippen molar-refractivity contribution in [3.8, 4) is 0 Å². The van der Waals surface area contributed by atoms with Crippen molar-refractivity contribution < 1.29 is 36.7 Å². The Bertz CT molecular complexity index is 1570. The van der Waals surface area contributed by atoms with Crippen molar-refractivity contribution in [2.75, 3.05) is 10.6 Å². The molecule has 0 aliphatic rings. The first-order chi connectivity index (χ1) is 18.9. The fourth-order valence-corrected chi connectivity index (χ4v) is 4.30. The number of nitrogens with zero attached hydrogens (tertiary/aromatic N) is 1. The highest BCUT2D eigenvalue weighted by atomic mass is 35.5. The minimum atomic E-state index is -4.46. The molecule has 8 nitrogen and oxygen atoms in total. The molecule has 0 aliphatic carbocycles. The second kappa shape index (κ2) is 13.3. The van der Waals surface area contributed by atoms with Gasteiger partial charge in [-0.05, 0) is 47.7 Å². The first kappa shape index (κ1) is 31.7. The van der Waals surface area contributed by atoms with Gasteiger partial charge in [-0.15, -0.1) is 12.4 Å². The molecule has 41 heavy (non-hydrogen) atoms. The van der Waals surface area contributed by atoms with E-state index in [0.29, 0.717) is 5.56 Å². The number of esters is 1. The van der Waals surface area contributed by atoms with Crippen LogP contribution in [-0.2, 0) is 16.1 Å². The van der Waals surface area contributed by atoms with Crippen LogP contribution in [0, 0.1) is 5.82 Å². The lowest BCUT2D eigenvalue weighted by Crippen LogP contribution is -2.42. The molecule has 216 valence electrons. The van der Waals surface area contributed by atoms with Crippen LogP contribution in [0.25, 0.3) is 10.9 Å². The number of alkyl halides is 3. The molecule has 0 spiro atoms. The zero-order valence-electron chi connectivity index (χ0n) is 20.6. The van der Waals surface area contributed by atoms with Crippen LogP contribution in [-0.4, -0.2) is 34.0 Å². The van der Waals surface area contributed by atoms with E-state index in [-0.39, 0.29) is 63.0 Å². The fourth-order valence-electron chi connectivity index (χ4n) is 3.60. The Morgan fingerprint density at radius 1 is 1.02 bits per heavy atom. The molecule has 15 heteroatoms. The van der Waals surface area contributed by atoms with Crippen LogP contribution in [0.5, 0.6) is 0 Å². The van der Waals surface area contributed by atoms with Gasteiger partial charge in [-0.2, -0.15) is 13.2 Å². The normalized spacial score (nSPS) is 11.9. The molecule has 3 aromatic carbocycles. The molecule has 0 bridgehead atoms. The van der Waals surface area contributed by atoms with E-state index in [1.54, 1.807) is 30.3 Å². The molecule has 0 saturated heterocycles. The van der Waals surface area contributed by atoms with Crippen LogP contribution in [0.4, 0.5) is 33.7 Å². The number of thioether (sulfide) groups is 1. The summed E-state index contributed by atoms with van der Waals surface area (Å²) in [6.45, 7) is -0.125. The van der Waals surface area contributed by atoms with Gasteiger partial charge in [-0.1, -0.05) is 41.9 Å². The number of carbonyl (C=O) groups excluding carboxylic acids is 3. The quantitative estimate of drug-likeness (QED) is 0.0893. The van der Waals surface area contributed by atoms with Crippen molar-refractivity contribution >= 4 is 76.0 Å². The number of aromatic nitrogens is 1. The monoisotopic (exact) mass is 630 g/mol. The maximum absolute atomic E-state index is 14.3. The van der Waals surface area contributed by atoms with Crippen molar-refractivity contribution in [2.45, 2.75) is 23.1 Å². The molecule has 0 saturated carbocycles. The van der Waals surface area contributed by atoms with Crippen LogP contribution in [0.2, 0.25) is 5.02 Å². The number of hydrogen-bond donors (Lipinski definition) is 3. The Morgan fingerprint density at radius 2 is 1.68 bits per heavy atom. The average Bonchev–Trinajstić information content (AvgIpc) is 3.24. The molecule has 4 N–H and O–H groups in total. The van der Waals surface area contributed by atoms with Gasteiger partial charge in [0, 0.05) is 28.2 Å². The number of urea groups is 1. The standard InChI is InChI=1S/C26H19ClF4N4O4S.ClH/c27-18-10-17-20(34-25(38)33-15-6-8-16(9-7-15)40-26(29,30)31)12-35(21(17)11-19(18)28)23(36)22(32)24(37)39-13-14-4-2-1-3-5-14;/h1-12,22H,13,32H2,(H2,33,34,38);1H. The van der Waals surface area contributed by atoms with Crippen molar-refractivity contribution in [3.63, 3.8) is 0 Å². The van der Waals surface area contributed by atoms with Crippen molar-refractivity contribution in [2.24, 2.45) is 5.73 Å². The highest BCUT2D eigenvalue weighted by Crippen LogP contribution is 2.37. The minimum absolute atomic E-state index is 0. The molecule has 0 fully saturated rings. The van der Waals surface area contributed by atoms with E-state index in [1.165, 1.54) is 30.3 Å². The lowest BCUT2D eigenvalue weighted by Gasteiger charge is -2.12. The van der Waals surface area contributed by atoms with Gasteiger partial charge in [0.2, 0.25) is 0 Å². The van der Waals surface area contributed by atoms with E-state index < -0.39 is 35.3 Å². The highest BCUT2D eigenvalue weighted by molar-refractivity contribution is 8.00. The van der Waals surface area contributed by atoms with E-state index in [2.05, 4.69) is 10.6 Å². The van der Waals surface area contributed by atoms with Gasteiger partial charge in [0.1, 0.15) is 12.4 Å². The van der Waals surface area contributed by atoms with Gasteiger partial charge in [0.25, 0.3) is 5.91 Å². The van der Waals surface area contributed by atoms with Gasteiger partial charge >= 0.3 is 17.5 Å². The molecule has 0 radical (unpaired) electrons. The maximum Gasteiger partial charge on any atom is 0.446 e. The SMILES string of the molecule is Cl.NC(C(=O)OCc1ccccc1)C(=O)n1cc(NC(=O)Nc2ccc(SC(F)(F)F)cc2)c2cc(Cl)c(F)cc21. The summed E-state index contributed by atoms with van der Waals surface area (Å²) in [7, 11) is 0. The molecule has 4 rings (SSSR count). The van der Waals surface area contributed by atoms with Gasteiger partial charge in [0.05, 0.1) is 16.2 Å². The summed E-state index contributed by atoms with van der Waals surface area (Å²) in [4.78, 5) is 38.1. The van der Waals surface area contributed by atoms with E-state index >= 15 is 0 Å². The molecule has 1 aromatic heterocycles. The summed E-state index contributed by atoms with van der Waals surface area (Å²) in [6.07, 6.45) is 1.13. The molecule has 2 amide bonds. The largest absolute Gasteiger partial charge is 0.459 e. The number of nitrogens with one attached hydrogen (secondary N) is 2. The molecule has 0 aliphatic heterocycles. The van der Waals surface area contributed by atoms with Gasteiger partial charge in [-0.3, -0.25) is 9.36 Å². The zero-order chi connectivity index (χ0) is 29.0. The fraction of sp³-hybridized carbons (Fsp3) is 0.115. The Kier molecular flexibility index (Phi) is 10.3. The number of ether oxygens (including phenoxy) is 1. The Hall–Kier alpha value is -3.78. The summed E-state index contributed by atoms with van der Waals surface area (Å²) in [6, 6.07) is 13.1. The number of amides is 2. The van der Waals surface area contributed by atoms with Crippen LogP contribution in [0.3, 0.4) is 0 Å². The molecule has 4 aromatic rings. The predicted octanol–water partition coefficient (Wildman–Crippen LogP) is 6.82. The Balaban J connectivity index is 0.00000462. The number of nitrogens with two attached hydrogens (primary N) is 1. The van der Waals surface area contributed by atoms with E-state index in [0.717, 1.165) is 16.8 Å². The number of benzene rings is 3. The number of fused-ring (bicyclic) bond motifs is 1. The second-order valence-electron chi connectivity index (χ2n) is 8.26. The third kappa shape index (κ3) is 8.13. The first-order valence-electron chi connectivity index (χ1n) is 11.4. The average molecular weight is 631 g/mol. The van der Waals surface area contributed by atoms with Crippen molar-refractivity contribution in [1.29, 1.82) is 0 Å². The number of anilines is 2. The number of rotatable bonds is 7. The van der Waals surface area contributed by atoms with Gasteiger partial charge < -0.3 is 21.1 Å². The molecular weight excluding hydrogens is 611 g/mol.